The maximum Gasteiger partial charge on any atom is 0.186 e. The second-order valence-corrected chi connectivity index (χ2v) is 5.18. The standard InChI is InChI=1S/C14H14O3S/c1-10(15)18-8-2-3-11-4-5-14-12(9-11)13(16)6-7-17-14/h2-5,9H,6-8H2,1H3. The van der Waals surface area contributed by atoms with Crippen molar-refractivity contribution in [3.63, 3.8) is 0 Å². The Bertz CT molecular complexity index is 506. The highest BCUT2D eigenvalue weighted by molar-refractivity contribution is 8.13. The van der Waals surface area contributed by atoms with Gasteiger partial charge in [-0.1, -0.05) is 30.0 Å². The van der Waals surface area contributed by atoms with Crippen molar-refractivity contribution in [3.05, 3.63) is 35.4 Å². The first-order chi connectivity index (χ1) is 8.66. The number of hydrogen-bond acceptors (Lipinski definition) is 4. The lowest BCUT2D eigenvalue weighted by Gasteiger charge is -2.16. The molecule has 1 heterocycles. The number of ether oxygens (including phenoxy) is 1. The van der Waals surface area contributed by atoms with E-state index in [4.69, 9.17) is 4.74 Å². The molecular weight excluding hydrogens is 248 g/mol. The molecule has 0 aliphatic carbocycles. The Morgan fingerprint density at radius 1 is 1.50 bits per heavy atom. The van der Waals surface area contributed by atoms with E-state index in [1.165, 1.54) is 11.8 Å². The predicted molar refractivity (Wildman–Crippen MR) is 73.1 cm³/mol. The van der Waals surface area contributed by atoms with Crippen LogP contribution >= 0.6 is 11.8 Å². The smallest absolute Gasteiger partial charge is 0.186 e. The molecule has 0 saturated carbocycles. The summed E-state index contributed by atoms with van der Waals surface area (Å²) in [6.45, 7) is 2.02. The van der Waals surface area contributed by atoms with Gasteiger partial charge in [-0.15, -0.1) is 0 Å². The highest BCUT2D eigenvalue weighted by Crippen LogP contribution is 2.26. The van der Waals surface area contributed by atoms with Gasteiger partial charge < -0.3 is 4.74 Å². The van der Waals surface area contributed by atoms with Gasteiger partial charge in [0.15, 0.2) is 10.9 Å². The van der Waals surface area contributed by atoms with Gasteiger partial charge in [-0.2, -0.15) is 0 Å². The number of thioether (sulfide) groups is 1. The molecule has 0 amide bonds. The molecule has 0 spiro atoms. The Morgan fingerprint density at radius 2 is 2.33 bits per heavy atom. The summed E-state index contributed by atoms with van der Waals surface area (Å²) in [4.78, 5) is 22.5. The number of rotatable bonds is 3. The van der Waals surface area contributed by atoms with Gasteiger partial charge in [0.05, 0.1) is 12.2 Å². The molecule has 1 aliphatic rings. The molecule has 1 aliphatic heterocycles. The lowest BCUT2D eigenvalue weighted by Crippen LogP contribution is -2.15. The van der Waals surface area contributed by atoms with E-state index in [9.17, 15) is 9.59 Å². The van der Waals surface area contributed by atoms with Crippen LogP contribution in [0.5, 0.6) is 5.75 Å². The average Bonchev–Trinajstić information content (AvgIpc) is 2.35. The number of fused-ring (bicyclic) bond motifs is 1. The number of ketones is 1. The van der Waals surface area contributed by atoms with E-state index >= 15 is 0 Å². The van der Waals surface area contributed by atoms with E-state index in [-0.39, 0.29) is 10.9 Å². The summed E-state index contributed by atoms with van der Waals surface area (Å²) < 4.78 is 5.41. The second kappa shape index (κ2) is 5.87. The second-order valence-electron chi connectivity index (χ2n) is 3.98. The number of Topliss-reactive ketones (excluding diaryl/α,β-unsaturated/α-hetero) is 1. The van der Waals surface area contributed by atoms with Crippen LogP contribution in [0.25, 0.3) is 6.08 Å². The highest BCUT2D eigenvalue weighted by Gasteiger charge is 2.17. The summed E-state index contributed by atoms with van der Waals surface area (Å²) in [6, 6.07) is 5.57. The zero-order valence-corrected chi connectivity index (χ0v) is 11.0. The quantitative estimate of drug-likeness (QED) is 0.840. The van der Waals surface area contributed by atoms with Gasteiger partial charge in [0.1, 0.15) is 5.75 Å². The molecule has 0 radical (unpaired) electrons. The van der Waals surface area contributed by atoms with Crippen LogP contribution in [0.15, 0.2) is 24.3 Å². The summed E-state index contributed by atoms with van der Waals surface area (Å²) in [7, 11) is 0. The summed E-state index contributed by atoms with van der Waals surface area (Å²) in [5.74, 6) is 1.45. The van der Waals surface area contributed by atoms with Crippen LogP contribution in [0.3, 0.4) is 0 Å². The van der Waals surface area contributed by atoms with Gasteiger partial charge in [-0.3, -0.25) is 9.59 Å². The third kappa shape index (κ3) is 3.23. The molecule has 0 fully saturated rings. The van der Waals surface area contributed by atoms with Crippen LogP contribution in [0, 0.1) is 0 Å². The summed E-state index contributed by atoms with van der Waals surface area (Å²) in [6.07, 6.45) is 4.28. The molecule has 0 N–H and O–H groups in total. The molecule has 3 nitrogen and oxygen atoms in total. The van der Waals surface area contributed by atoms with E-state index < -0.39 is 0 Å². The van der Waals surface area contributed by atoms with E-state index in [0.717, 1.165) is 5.56 Å². The molecule has 0 atom stereocenters. The van der Waals surface area contributed by atoms with Crippen LogP contribution in [0.2, 0.25) is 0 Å². The predicted octanol–water partition coefficient (Wildman–Crippen LogP) is 2.94. The summed E-state index contributed by atoms with van der Waals surface area (Å²) >= 11 is 1.26. The van der Waals surface area contributed by atoms with Gasteiger partial charge in [-0.05, 0) is 17.7 Å². The zero-order chi connectivity index (χ0) is 13.0. The maximum absolute atomic E-state index is 11.7. The minimum atomic E-state index is 0.105. The Kier molecular flexibility index (Phi) is 4.20. The first-order valence-electron chi connectivity index (χ1n) is 5.77. The van der Waals surface area contributed by atoms with Crippen molar-refractivity contribution in [1.29, 1.82) is 0 Å². The molecule has 0 bridgehead atoms. The van der Waals surface area contributed by atoms with Crippen molar-refractivity contribution < 1.29 is 14.3 Å². The summed E-state index contributed by atoms with van der Waals surface area (Å²) in [5.41, 5.74) is 1.61. The van der Waals surface area contributed by atoms with E-state index in [1.807, 2.05) is 30.4 Å². The van der Waals surface area contributed by atoms with Crippen molar-refractivity contribution >= 4 is 28.7 Å². The van der Waals surface area contributed by atoms with E-state index in [1.54, 1.807) is 6.92 Å². The van der Waals surface area contributed by atoms with Gasteiger partial charge in [0.25, 0.3) is 0 Å². The van der Waals surface area contributed by atoms with Crippen molar-refractivity contribution in [3.8, 4) is 5.75 Å². The van der Waals surface area contributed by atoms with Crippen molar-refractivity contribution in [1.82, 2.24) is 0 Å². The van der Waals surface area contributed by atoms with Crippen LogP contribution in [0.1, 0.15) is 29.3 Å². The third-order valence-electron chi connectivity index (χ3n) is 2.58. The lowest BCUT2D eigenvalue weighted by molar-refractivity contribution is -0.109. The largest absolute Gasteiger partial charge is 0.492 e. The van der Waals surface area contributed by atoms with Crippen LogP contribution in [-0.2, 0) is 4.79 Å². The van der Waals surface area contributed by atoms with E-state index in [2.05, 4.69) is 0 Å². The van der Waals surface area contributed by atoms with Crippen LogP contribution < -0.4 is 4.74 Å². The molecule has 1 aromatic carbocycles. The van der Waals surface area contributed by atoms with Gasteiger partial charge in [-0.25, -0.2) is 0 Å². The Hall–Kier alpha value is -1.55. The molecule has 4 heteroatoms. The Balaban J connectivity index is 2.08. The average molecular weight is 262 g/mol. The monoisotopic (exact) mass is 262 g/mol. The first kappa shape index (κ1) is 12.9. The number of benzene rings is 1. The molecule has 0 aromatic heterocycles. The van der Waals surface area contributed by atoms with Gasteiger partial charge in [0.2, 0.25) is 0 Å². The fraction of sp³-hybridized carbons (Fsp3) is 0.286. The van der Waals surface area contributed by atoms with Crippen LogP contribution in [0.4, 0.5) is 0 Å². The van der Waals surface area contributed by atoms with Crippen molar-refractivity contribution in [2.24, 2.45) is 0 Å². The summed E-state index contributed by atoms with van der Waals surface area (Å²) in [5, 5.41) is 0.105. The number of carbonyl (C=O) groups is 2. The number of carbonyl (C=O) groups excluding carboxylic acids is 2. The van der Waals surface area contributed by atoms with Gasteiger partial charge >= 0.3 is 0 Å². The Labute approximate surface area is 110 Å². The molecule has 1 aromatic rings. The van der Waals surface area contributed by atoms with Gasteiger partial charge in [0, 0.05) is 19.1 Å². The molecule has 18 heavy (non-hydrogen) atoms. The molecule has 0 unspecified atom stereocenters. The highest BCUT2D eigenvalue weighted by atomic mass is 32.2. The third-order valence-corrected chi connectivity index (χ3v) is 3.35. The first-order valence-corrected chi connectivity index (χ1v) is 6.75. The fourth-order valence-electron chi connectivity index (χ4n) is 1.73. The SMILES string of the molecule is CC(=O)SCC=Cc1ccc2c(c1)C(=O)CCO2. The lowest BCUT2D eigenvalue weighted by atomic mass is 10.0. The Morgan fingerprint density at radius 3 is 3.11 bits per heavy atom. The minimum absolute atomic E-state index is 0.105. The van der Waals surface area contributed by atoms with Crippen molar-refractivity contribution in [2.45, 2.75) is 13.3 Å². The normalized spacial score (nSPS) is 14.4. The molecule has 2 rings (SSSR count). The van der Waals surface area contributed by atoms with Crippen LogP contribution in [-0.4, -0.2) is 23.3 Å². The molecule has 94 valence electrons. The minimum Gasteiger partial charge on any atom is -0.492 e. The zero-order valence-electron chi connectivity index (χ0n) is 10.1. The fourth-order valence-corrected chi connectivity index (χ4v) is 2.16. The molecular formula is C14H14O3S. The topological polar surface area (TPSA) is 43.4 Å². The van der Waals surface area contributed by atoms with Crippen molar-refractivity contribution in [2.75, 3.05) is 12.4 Å². The molecule has 0 saturated heterocycles. The number of hydrogen-bond donors (Lipinski definition) is 0. The van der Waals surface area contributed by atoms with E-state index in [0.29, 0.717) is 30.1 Å². The maximum atomic E-state index is 11.7.